The van der Waals surface area contributed by atoms with Gasteiger partial charge in [0.1, 0.15) is 35.4 Å². The van der Waals surface area contributed by atoms with Crippen LogP contribution >= 0.6 is 0 Å². The Balaban J connectivity index is 2.31. The van der Waals surface area contributed by atoms with Crippen LogP contribution in [-0.2, 0) is 0 Å². The molecule has 0 atom stereocenters. The van der Waals surface area contributed by atoms with E-state index in [9.17, 15) is 0 Å². The van der Waals surface area contributed by atoms with Gasteiger partial charge in [0.2, 0.25) is 0 Å². The van der Waals surface area contributed by atoms with Crippen LogP contribution in [0.4, 0.5) is 5.69 Å². The molecule has 0 spiro atoms. The highest BCUT2D eigenvalue weighted by atomic mass is 16.5. The van der Waals surface area contributed by atoms with Gasteiger partial charge in [-0.15, -0.1) is 0 Å². The van der Waals surface area contributed by atoms with Crippen LogP contribution in [0.5, 0.6) is 17.2 Å². The zero-order chi connectivity index (χ0) is 17.4. The predicted octanol–water partition coefficient (Wildman–Crippen LogP) is 3.72. The van der Waals surface area contributed by atoms with E-state index in [1.807, 2.05) is 6.07 Å². The summed E-state index contributed by atoms with van der Waals surface area (Å²) in [6.07, 6.45) is 0. The van der Waals surface area contributed by atoms with Gasteiger partial charge in [0.05, 0.1) is 12.8 Å². The number of allylic oxidation sites excluding steroid dienone is 2. The molecule has 1 N–H and O–H groups in total. The van der Waals surface area contributed by atoms with E-state index < -0.39 is 0 Å². The Labute approximate surface area is 139 Å². The molecule has 116 valence electrons. The fourth-order valence-electron chi connectivity index (χ4n) is 1.85. The molecule has 0 heterocycles. The zero-order valence-corrected chi connectivity index (χ0v) is 12.8. The molecule has 0 saturated heterocycles. The van der Waals surface area contributed by atoms with Crippen molar-refractivity contribution in [3.05, 3.63) is 59.8 Å². The van der Waals surface area contributed by atoms with Crippen molar-refractivity contribution in [1.82, 2.24) is 0 Å². The van der Waals surface area contributed by atoms with Gasteiger partial charge in [-0.2, -0.15) is 15.8 Å². The third-order valence-corrected chi connectivity index (χ3v) is 3.02. The highest BCUT2D eigenvalue weighted by Crippen LogP contribution is 2.31. The first kappa shape index (κ1) is 16.4. The smallest absolute Gasteiger partial charge is 0.163 e. The van der Waals surface area contributed by atoms with Crippen LogP contribution < -0.4 is 14.8 Å². The molecule has 2 aromatic carbocycles. The quantitative estimate of drug-likeness (QED) is 0.843. The van der Waals surface area contributed by atoms with Gasteiger partial charge in [-0.25, -0.2) is 0 Å². The number of hydrogen-bond acceptors (Lipinski definition) is 6. The van der Waals surface area contributed by atoms with Gasteiger partial charge >= 0.3 is 0 Å². The topological polar surface area (TPSA) is 102 Å². The van der Waals surface area contributed by atoms with E-state index in [0.29, 0.717) is 22.9 Å². The molecule has 0 amide bonds. The standard InChI is InChI=1S/C18H12N4O2/c1-23-14-6-8-15(9-7-14)24-18-5-3-2-4-16(18)22-17(12-21)13(10-19)11-20/h2-9,22H,1H3. The second-order valence-electron chi connectivity index (χ2n) is 4.48. The lowest BCUT2D eigenvalue weighted by atomic mass is 10.2. The van der Waals surface area contributed by atoms with Crippen LogP contribution in [-0.4, -0.2) is 7.11 Å². The third-order valence-electron chi connectivity index (χ3n) is 3.02. The molecule has 0 saturated carbocycles. The van der Waals surface area contributed by atoms with Crippen molar-refractivity contribution in [3.8, 4) is 35.5 Å². The van der Waals surface area contributed by atoms with E-state index in [-0.39, 0.29) is 11.3 Å². The molecule has 6 heteroatoms. The number of methoxy groups -OCH3 is 1. The van der Waals surface area contributed by atoms with Crippen molar-refractivity contribution in [2.24, 2.45) is 0 Å². The Morgan fingerprint density at radius 2 is 1.50 bits per heavy atom. The van der Waals surface area contributed by atoms with E-state index in [0.717, 1.165) is 0 Å². The fraction of sp³-hybridized carbons (Fsp3) is 0.0556. The van der Waals surface area contributed by atoms with Crippen LogP contribution in [0.15, 0.2) is 59.8 Å². The minimum absolute atomic E-state index is 0.134. The fourth-order valence-corrected chi connectivity index (χ4v) is 1.85. The first-order chi connectivity index (χ1) is 11.7. The largest absolute Gasteiger partial charge is 0.497 e. The first-order valence-electron chi connectivity index (χ1n) is 6.84. The third kappa shape index (κ3) is 3.82. The molecule has 0 bridgehead atoms. The van der Waals surface area contributed by atoms with Crippen molar-refractivity contribution in [2.45, 2.75) is 0 Å². The van der Waals surface area contributed by atoms with E-state index in [4.69, 9.17) is 25.3 Å². The van der Waals surface area contributed by atoms with E-state index in [1.54, 1.807) is 67.8 Å². The Morgan fingerprint density at radius 3 is 2.08 bits per heavy atom. The summed E-state index contributed by atoms with van der Waals surface area (Å²) in [6, 6.07) is 19.1. The van der Waals surface area contributed by atoms with Crippen molar-refractivity contribution < 1.29 is 9.47 Å². The maximum absolute atomic E-state index is 9.13. The molecule has 0 aliphatic rings. The SMILES string of the molecule is COc1ccc(Oc2ccccc2NC(C#N)=C(C#N)C#N)cc1. The average molecular weight is 316 g/mol. The minimum atomic E-state index is -0.295. The number of anilines is 1. The molecule has 0 aliphatic heterocycles. The van der Waals surface area contributed by atoms with E-state index >= 15 is 0 Å². The molecule has 0 aromatic heterocycles. The summed E-state index contributed by atoms with van der Waals surface area (Å²) in [5.41, 5.74) is 0.0374. The molecule has 0 aliphatic carbocycles. The number of ether oxygens (including phenoxy) is 2. The Kier molecular flexibility index (Phi) is 5.40. The maximum Gasteiger partial charge on any atom is 0.163 e. The average Bonchev–Trinajstić information content (AvgIpc) is 2.63. The van der Waals surface area contributed by atoms with Gasteiger partial charge < -0.3 is 14.8 Å². The van der Waals surface area contributed by atoms with Gasteiger partial charge in [0, 0.05) is 0 Å². The van der Waals surface area contributed by atoms with Crippen molar-refractivity contribution in [1.29, 1.82) is 15.8 Å². The molecule has 2 aromatic rings. The second-order valence-corrected chi connectivity index (χ2v) is 4.48. The van der Waals surface area contributed by atoms with Crippen LogP contribution in [0.1, 0.15) is 0 Å². The highest BCUT2D eigenvalue weighted by Gasteiger charge is 2.10. The number of nitriles is 3. The monoisotopic (exact) mass is 316 g/mol. The summed E-state index contributed by atoms with van der Waals surface area (Å²) >= 11 is 0. The normalized spacial score (nSPS) is 8.92. The summed E-state index contributed by atoms with van der Waals surface area (Å²) in [5, 5.41) is 29.7. The van der Waals surface area contributed by atoms with Crippen molar-refractivity contribution in [3.63, 3.8) is 0 Å². The summed E-state index contributed by atoms with van der Waals surface area (Å²) in [6.45, 7) is 0. The van der Waals surface area contributed by atoms with Gasteiger partial charge in [-0.1, -0.05) is 12.1 Å². The van der Waals surface area contributed by atoms with Gasteiger partial charge in [-0.3, -0.25) is 0 Å². The van der Waals surface area contributed by atoms with Crippen LogP contribution in [0.2, 0.25) is 0 Å². The van der Waals surface area contributed by atoms with Crippen LogP contribution in [0, 0.1) is 34.0 Å². The van der Waals surface area contributed by atoms with E-state index in [1.165, 1.54) is 0 Å². The lowest BCUT2D eigenvalue weighted by molar-refractivity contribution is 0.413. The molecule has 0 fully saturated rings. The summed E-state index contributed by atoms with van der Waals surface area (Å²) in [4.78, 5) is 0. The van der Waals surface area contributed by atoms with Gasteiger partial charge in [0.25, 0.3) is 0 Å². The number of benzene rings is 2. The zero-order valence-electron chi connectivity index (χ0n) is 12.8. The molecular formula is C18H12N4O2. The maximum atomic E-state index is 9.13. The van der Waals surface area contributed by atoms with Gasteiger partial charge in [-0.05, 0) is 36.4 Å². The van der Waals surface area contributed by atoms with Crippen LogP contribution in [0.25, 0.3) is 0 Å². The summed E-state index contributed by atoms with van der Waals surface area (Å²) in [7, 11) is 1.58. The Morgan fingerprint density at radius 1 is 0.875 bits per heavy atom. The van der Waals surface area contributed by atoms with Gasteiger partial charge in [0.15, 0.2) is 11.3 Å². The van der Waals surface area contributed by atoms with Crippen molar-refractivity contribution >= 4 is 5.69 Å². The second kappa shape index (κ2) is 7.89. The number of para-hydroxylation sites is 2. The molecule has 24 heavy (non-hydrogen) atoms. The molecule has 0 radical (unpaired) electrons. The Hall–Kier alpha value is -3.95. The van der Waals surface area contributed by atoms with E-state index in [2.05, 4.69) is 5.32 Å². The number of hydrogen-bond donors (Lipinski definition) is 1. The summed E-state index contributed by atoms with van der Waals surface area (Å²) in [5.74, 6) is 1.73. The van der Waals surface area contributed by atoms with Crippen molar-refractivity contribution in [2.75, 3.05) is 12.4 Å². The number of rotatable bonds is 5. The Bertz CT molecular complexity index is 865. The number of nitrogens with one attached hydrogen (secondary N) is 1. The predicted molar refractivity (Wildman–Crippen MR) is 87.0 cm³/mol. The molecule has 2 rings (SSSR count). The molecular weight excluding hydrogens is 304 g/mol. The molecule has 0 unspecified atom stereocenters. The molecule has 6 nitrogen and oxygen atoms in total. The summed E-state index contributed by atoms with van der Waals surface area (Å²) < 4.78 is 10.9. The van der Waals surface area contributed by atoms with Crippen LogP contribution in [0.3, 0.4) is 0 Å². The minimum Gasteiger partial charge on any atom is -0.497 e. The lowest BCUT2D eigenvalue weighted by Crippen LogP contribution is -2.02. The lowest BCUT2D eigenvalue weighted by Gasteiger charge is -2.12. The number of nitrogens with zero attached hydrogens (tertiary/aromatic N) is 3. The first-order valence-corrected chi connectivity index (χ1v) is 6.84. The highest BCUT2D eigenvalue weighted by molar-refractivity contribution is 5.65.